The summed E-state index contributed by atoms with van der Waals surface area (Å²) in [6.45, 7) is 0. The minimum Gasteiger partial charge on any atom is -0.493 e. The average molecular weight is 371 g/mol. The third kappa shape index (κ3) is 2.48. The summed E-state index contributed by atoms with van der Waals surface area (Å²) in [5, 5.41) is 16.1. The predicted molar refractivity (Wildman–Crippen MR) is 88.9 cm³/mol. The summed E-state index contributed by atoms with van der Waals surface area (Å²) in [5.41, 5.74) is 0.431. The molecule has 0 atom stereocenters. The number of amides is 1. The molecule has 23 heavy (non-hydrogen) atoms. The molecule has 1 aliphatic rings. The smallest absolute Gasteiger partial charge is 0.267 e. The van der Waals surface area contributed by atoms with Gasteiger partial charge in [0.05, 0.1) is 10.7 Å². The minimum absolute atomic E-state index is 0.00731. The first-order valence-corrected chi connectivity index (χ1v) is 9.14. The molecule has 0 aliphatic carbocycles. The van der Waals surface area contributed by atoms with Crippen LogP contribution in [0.2, 0.25) is 5.02 Å². The van der Waals surface area contributed by atoms with Gasteiger partial charge in [-0.2, -0.15) is 11.3 Å². The number of halogens is 1. The Hall–Kier alpha value is -2.03. The average Bonchev–Trinajstić information content (AvgIpc) is 2.98. The second-order valence-corrected chi connectivity index (χ2v) is 7.84. The van der Waals surface area contributed by atoms with Crippen LogP contribution in [-0.4, -0.2) is 30.8 Å². The quantitative estimate of drug-likeness (QED) is 0.850. The zero-order valence-corrected chi connectivity index (χ0v) is 14.2. The molecular formula is C14H11ClN2O4S2. The van der Waals surface area contributed by atoms with Crippen molar-refractivity contribution >= 4 is 50.1 Å². The van der Waals surface area contributed by atoms with E-state index in [1.165, 1.54) is 17.8 Å². The number of hydrogen-bond acceptors (Lipinski definition) is 5. The van der Waals surface area contributed by atoms with Crippen molar-refractivity contribution in [3.05, 3.63) is 51.5 Å². The molecule has 3 rings (SSSR count). The van der Waals surface area contributed by atoms with Gasteiger partial charge in [-0.25, -0.2) is 12.7 Å². The number of para-hydroxylation sites is 1. The van der Waals surface area contributed by atoms with Crippen LogP contribution in [0.3, 0.4) is 0 Å². The normalized spacial score (nSPS) is 16.2. The van der Waals surface area contributed by atoms with Crippen LogP contribution in [0.5, 0.6) is 0 Å². The summed E-state index contributed by atoms with van der Waals surface area (Å²) in [6, 6.07) is 6.63. The third-order valence-electron chi connectivity index (χ3n) is 3.41. The van der Waals surface area contributed by atoms with E-state index in [9.17, 15) is 18.3 Å². The van der Waals surface area contributed by atoms with E-state index in [2.05, 4.69) is 5.32 Å². The maximum atomic E-state index is 12.5. The van der Waals surface area contributed by atoms with Gasteiger partial charge in [0.25, 0.3) is 15.9 Å². The molecule has 0 fully saturated rings. The number of carbonyl (C=O) groups is 1. The number of hydrogen-bond donors (Lipinski definition) is 2. The number of aliphatic hydroxyl groups excluding tert-OH is 1. The minimum atomic E-state index is -3.84. The summed E-state index contributed by atoms with van der Waals surface area (Å²) in [5.74, 6) is -1.27. The molecule has 2 N–H and O–H groups in total. The lowest BCUT2D eigenvalue weighted by Crippen LogP contribution is -2.33. The fourth-order valence-electron chi connectivity index (χ4n) is 2.18. The third-order valence-corrected chi connectivity index (χ3v) is 6.42. The van der Waals surface area contributed by atoms with Crippen molar-refractivity contribution in [2.75, 3.05) is 12.4 Å². The highest BCUT2D eigenvalue weighted by Gasteiger charge is 2.38. The Kier molecular flexibility index (Phi) is 3.83. The Morgan fingerprint density at radius 3 is 2.70 bits per heavy atom. The van der Waals surface area contributed by atoms with Gasteiger partial charge in [0.2, 0.25) is 5.88 Å². The molecule has 1 aromatic heterocycles. The summed E-state index contributed by atoms with van der Waals surface area (Å²) in [4.78, 5) is 12.5. The largest absolute Gasteiger partial charge is 0.493 e. The van der Waals surface area contributed by atoms with Crippen molar-refractivity contribution in [1.82, 2.24) is 4.31 Å². The van der Waals surface area contributed by atoms with Gasteiger partial charge in [-0.3, -0.25) is 4.79 Å². The van der Waals surface area contributed by atoms with E-state index in [1.54, 1.807) is 24.3 Å². The van der Waals surface area contributed by atoms with Crippen molar-refractivity contribution in [3.8, 4) is 0 Å². The number of benzene rings is 1. The van der Waals surface area contributed by atoms with E-state index in [0.29, 0.717) is 15.0 Å². The number of aliphatic hydroxyl groups is 1. The Morgan fingerprint density at radius 1 is 1.30 bits per heavy atom. The number of thiophene rings is 1. The molecule has 2 aromatic rings. The van der Waals surface area contributed by atoms with Gasteiger partial charge in [0.15, 0.2) is 0 Å². The molecule has 1 aliphatic heterocycles. The summed E-state index contributed by atoms with van der Waals surface area (Å²) < 4.78 is 25.2. The van der Waals surface area contributed by atoms with Crippen LogP contribution in [0.4, 0.5) is 5.69 Å². The van der Waals surface area contributed by atoms with Crippen molar-refractivity contribution < 1.29 is 18.3 Å². The highest BCUT2D eigenvalue weighted by atomic mass is 35.5. The van der Waals surface area contributed by atoms with E-state index in [4.69, 9.17) is 11.6 Å². The number of sulfonamides is 1. The number of fused-ring (bicyclic) bond motifs is 1. The number of carbonyl (C=O) groups excluding carboxylic acids is 1. The topological polar surface area (TPSA) is 86.7 Å². The van der Waals surface area contributed by atoms with Gasteiger partial charge in [0, 0.05) is 23.4 Å². The summed E-state index contributed by atoms with van der Waals surface area (Å²) >= 11 is 7.13. The first-order valence-electron chi connectivity index (χ1n) is 6.38. The van der Waals surface area contributed by atoms with Crippen molar-refractivity contribution in [1.29, 1.82) is 0 Å². The lowest BCUT2D eigenvalue weighted by molar-refractivity contribution is -0.111. The lowest BCUT2D eigenvalue weighted by Gasteiger charge is -2.25. The fraction of sp³-hybridized carbons (Fsp3) is 0.0714. The van der Waals surface area contributed by atoms with E-state index in [-0.39, 0.29) is 16.0 Å². The maximum Gasteiger partial charge on any atom is 0.267 e. The lowest BCUT2D eigenvalue weighted by atomic mass is 10.1. The molecule has 0 spiro atoms. The Morgan fingerprint density at radius 2 is 2.00 bits per heavy atom. The molecule has 0 unspecified atom stereocenters. The summed E-state index contributed by atoms with van der Waals surface area (Å²) in [7, 11) is -2.66. The summed E-state index contributed by atoms with van der Waals surface area (Å²) in [6.07, 6.45) is 0. The van der Waals surface area contributed by atoms with E-state index >= 15 is 0 Å². The second kappa shape index (κ2) is 5.55. The van der Waals surface area contributed by atoms with Crippen LogP contribution >= 0.6 is 22.9 Å². The number of anilines is 1. The van der Waals surface area contributed by atoms with Crippen LogP contribution in [0.25, 0.3) is 5.57 Å². The molecule has 0 bridgehead atoms. The first-order chi connectivity index (χ1) is 10.8. The molecule has 120 valence electrons. The molecule has 9 heteroatoms. The van der Waals surface area contributed by atoms with Crippen LogP contribution < -0.4 is 5.32 Å². The van der Waals surface area contributed by atoms with Gasteiger partial charge in [-0.1, -0.05) is 23.7 Å². The highest BCUT2D eigenvalue weighted by Crippen LogP contribution is 2.37. The standard InChI is InChI=1S/C14H11ClN2O4S2/c1-17-14(19)12(8-6-22-7-11(8)23(17,20)21)13(18)16-10-5-3-2-4-9(10)15/h2-7,19H,1H3,(H,16,18). The number of nitrogens with zero attached hydrogens (tertiary/aromatic N) is 1. The van der Waals surface area contributed by atoms with Gasteiger partial charge in [-0.15, -0.1) is 0 Å². The fourth-order valence-corrected chi connectivity index (χ4v) is 4.84. The van der Waals surface area contributed by atoms with Gasteiger partial charge < -0.3 is 10.4 Å². The van der Waals surface area contributed by atoms with Crippen molar-refractivity contribution in [2.24, 2.45) is 0 Å². The predicted octanol–water partition coefficient (Wildman–Crippen LogP) is 2.90. The van der Waals surface area contributed by atoms with E-state index in [0.717, 1.165) is 11.3 Å². The molecule has 0 radical (unpaired) electrons. The van der Waals surface area contributed by atoms with Crippen molar-refractivity contribution in [3.63, 3.8) is 0 Å². The van der Waals surface area contributed by atoms with Crippen LogP contribution in [0, 0.1) is 0 Å². The molecule has 0 saturated heterocycles. The number of nitrogens with one attached hydrogen (secondary N) is 1. The van der Waals surface area contributed by atoms with Gasteiger partial charge in [0.1, 0.15) is 10.5 Å². The molecule has 1 aromatic carbocycles. The Labute approximate surface area is 141 Å². The second-order valence-electron chi connectivity index (χ2n) is 4.75. The zero-order valence-electron chi connectivity index (χ0n) is 11.8. The molecule has 1 amide bonds. The SMILES string of the molecule is CN1C(O)=C(C(=O)Nc2ccccc2Cl)c2cscc2S1(=O)=O. The van der Waals surface area contributed by atoms with Gasteiger partial charge >= 0.3 is 0 Å². The number of rotatable bonds is 2. The van der Waals surface area contributed by atoms with Crippen LogP contribution in [0.15, 0.2) is 45.8 Å². The maximum absolute atomic E-state index is 12.5. The van der Waals surface area contributed by atoms with E-state index < -0.39 is 21.8 Å². The van der Waals surface area contributed by atoms with Crippen LogP contribution in [0.1, 0.15) is 5.56 Å². The van der Waals surface area contributed by atoms with Gasteiger partial charge in [-0.05, 0) is 12.1 Å². The Bertz CT molecular complexity index is 934. The molecule has 2 heterocycles. The first kappa shape index (κ1) is 15.9. The monoisotopic (exact) mass is 370 g/mol. The molecular weight excluding hydrogens is 360 g/mol. The molecule has 6 nitrogen and oxygen atoms in total. The van der Waals surface area contributed by atoms with Crippen molar-refractivity contribution in [2.45, 2.75) is 4.90 Å². The van der Waals surface area contributed by atoms with E-state index in [1.807, 2.05) is 0 Å². The zero-order chi connectivity index (χ0) is 16.8. The van der Waals surface area contributed by atoms with Crippen LogP contribution in [-0.2, 0) is 14.8 Å². The molecule has 0 saturated carbocycles. The Balaban J connectivity index is 2.07. The highest BCUT2D eigenvalue weighted by molar-refractivity contribution is 7.89.